The first-order chi connectivity index (χ1) is 33.5. The van der Waals surface area contributed by atoms with E-state index in [0.29, 0.717) is 25.9 Å². The third-order valence-corrected chi connectivity index (χ3v) is 13.9. The molecular weight excluding hydrogens is 839 g/mol. The summed E-state index contributed by atoms with van der Waals surface area (Å²) in [5.74, 6) is -0.0726. The predicted molar refractivity (Wildman–Crippen MR) is 296 cm³/mol. The lowest BCUT2D eigenvalue weighted by Crippen LogP contribution is -2.45. The summed E-state index contributed by atoms with van der Waals surface area (Å²) >= 11 is 0. The molecule has 0 spiro atoms. The van der Waals surface area contributed by atoms with Crippen molar-refractivity contribution in [1.29, 1.82) is 0 Å². The van der Waals surface area contributed by atoms with E-state index in [1.165, 1.54) is 205 Å². The van der Waals surface area contributed by atoms with Gasteiger partial charge in [0.15, 0.2) is 0 Å². The van der Waals surface area contributed by atoms with E-state index in [1.54, 1.807) is 0 Å². The Bertz CT molecular complexity index is 1100. The molecule has 2 atom stereocenters. The van der Waals surface area contributed by atoms with Crippen LogP contribution < -0.4 is 5.32 Å². The quantitative estimate of drug-likeness (QED) is 0.0321. The maximum Gasteiger partial charge on any atom is 0.305 e. The molecule has 0 aliphatic carbocycles. The highest BCUT2D eigenvalue weighted by Gasteiger charge is 2.20. The molecule has 0 aliphatic rings. The van der Waals surface area contributed by atoms with E-state index >= 15 is 0 Å². The molecule has 0 bridgehead atoms. The SMILES string of the molecule is CCCC/C=C\C/C=C\CCCCCCCC(=O)OCCCCCC/C=C\CCCCCCCCCC(=O)NC(CO)C(O)CCCCCCCCCCCCCCCCCCCCCCCC. The molecule has 0 saturated carbocycles. The summed E-state index contributed by atoms with van der Waals surface area (Å²) in [5.41, 5.74) is 0. The van der Waals surface area contributed by atoms with Crippen molar-refractivity contribution >= 4 is 11.9 Å². The molecule has 0 aliphatic heterocycles. The number of rotatable bonds is 56. The van der Waals surface area contributed by atoms with Crippen molar-refractivity contribution in [3.8, 4) is 0 Å². The van der Waals surface area contributed by atoms with Gasteiger partial charge >= 0.3 is 5.97 Å². The zero-order valence-electron chi connectivity index (χ0n) is 45.6. The van der Waals surface area contributed by atoms with E-state index in [9.17, 15) is 19.8 Å². The normalized spacial score (nSPS) is 12.8. The van der Waals surface area contributed by atoms with Crippen LogP contribution >= 0.6 is 0 Å². The van der Waals surface area contributed by atoms with Crippen LogP contribution in [0.4, 0.5) is 0 Å². The zero-order chi connectivity index (χ0) is 49.3. The van der Waals surface area contributed by atoms with Gasteiger partial charge in [0.1, 0.15) is 0 Å². The summed E-state index contributed by atoms with van der Waals surface area (Å²) in [6.07, 6.45) is 71.4. The van der Waals surface area contributed by atoms with Gasteiger partial charge in [-0.1, -0.05) is 269 Å². The Labute approximate surface area is 424 Å². The summed E-state index contributed by atoms with van der Waals surface area (Å²) in [6.45, 7) is 4.89. The van der Waals surface area contributed by atoms with Crippen LogP contribution in [0.5, 0.6) is 0 Å². The fraction of sp³-hybridized carbons (Fsp3) is 0.871. The summed E-state index contributed by atoms with van der Waals surface area (Å²) in [4.78, 5) is 24.5. The number of hydrogen-bond donors (Lipinski definition) is 3. The Morgan fingerprint density at radius 2 is 0.750 bits per heavy atom. The van der Waals surface area contributed by atoms with Crippen LogP contribution in [0.15, 0.2) is 36.5 Å². The van der Waals surface area contributed by atoms with Crippen LogP contribution in [-0.2, 0) is 14.3 Å². The van der Waals surface area contributed by atoms with Gasteiger partial charge < -0.3 is 20.3 Å². The van der Waals surface area contributed by atoms with Crippen LogP contribution in [0, 0.1) is 0 Å². The fourth-order valence-corrected chi connectivity index (χ4v) is 9.24. The molecule has 6 nitrogen and oxygen atoms in total. The average molecular weight is 957 g/mol. The van der Waals surface area contributed by atoms with E-state index in [-0.39, 0.29) is 18.5 Å². The molecule has 0 aromatic carbocycles. The van der Waals surface area contributed by atoms with Gasteiger partial charge in [0.25, 0.3) is 0 Å². The number of hydrogen-bond acceptors (Lipinski definition) is 5. The third kappa shape index (κ3) is 53.4. The Kier molecular flexibility index (Phi) is 56.0. The van der Waals surface area contributed by atoms with Crippen molar-refractivity contribution in [2.45, 2.75) is 334 Å². The van der Waals surface area contributed by atoms with Gasteiger partial charge in [-0.05, 0) is 77.0 Å². The molecule has 6 heteroatoms. The predicted octanol–water partition coefficient (Wildman–Crippen LogP) is 18.8. The minimum Gasteiger partial charge on any atom is -0.466 e. The smallest absolute Gasteiger partial charge is 0.305 e. The number of ether oxygens (including phenoxy) is 1. The summed E-state index contributed by atoms with van der Waals surface area (Å²) < 4.78 is 5.45. The Morgan fingerprint density at radius 3 is 1.18 bits per heavy atom. The van der Waals surface area contributed by atoms with Crippen molar-refractivity contribution < 1.29 is 24.5 Å². The molecule has 0 aromatic heterocycles. The summed E-state index contributed by atoms with van der Waals surface area (Å²) in [7, 11) is 0. The van der Waals surface area contributed by atoms with E-state index in [4.69, 9.17) is 4.74 Å². The number of esters is 1. The van der Waals surface area contributed by atoms with Crippen molar-refractivity contribution in [1.82, 2.24) is 5.32 Å². The molecule has 3 N–H and O–H groups in total. The first-order valence-corrected chi connectivity index (χ1v) is 30.2. The van der Waals surface area contributed by atoms with Crippen LogP contribution in [0.25, 0.3) is 0 Å². The number of nitrogens with one attached hydrogen (secondary N) is 1. The van der Waals surface area contributed by atoms with E-state index in [0.717, 1.165) is 83.5 Å². The molecule has 0 radical (unpaired) electrons. The maximum absolute atomic E-state index is 12.5. The third-order valence-electron chi connectivity index (χ3n) is 13.9. The largest absolute Gasteiger partial charge is 0.466 e. The number of carbonyl (C=O) groups is 2. The Hall–Kier alpha value is -1.92. The lowest BCUT2D eigenvalue weighted by atomic mass is 10.0. The first-order valence-electron chi connectivity index (χ1n) is 30.2. The van der Waals surface area contributed by atoms with Crippen LogP contribution in [0.2, 0.25) is 0 Å². The molecular formula is C62H117NO5. The molecule has 0 saturated heterocycles. The van der Waals surface area contributed by atoms with Crippen LogP contribution in [0.1, 0.15) is 322 Å². The van der Waals surface area contributed by atoms with Gasteiger partial charge in [0.05, 0.1) is 25.4 Å². The minimum absolute atomic E-state index is 0.0243. The van der Waals surface area contributed by atoms with Gasteiger partial charge in [0, 0.05) is 12.8 Å². The standard InChI is InChI=1S/C62H117NO5/c1-3-5-7-9-11-13-15-17-19-20-21-22-23-24-25-27-30-34-38-42-46-50-54-60(65)59(58-64)63-61(66)55-51-47-43-39-35-31-28-26-29-33-37-41-45-49-53-57-68-62(67)56-52-48-44-40-36-32-18-16-14-12-10-8-6-4-2/h10,12,16,18,29,33,59-60,64-65H,3-9,11,13-15,17,19-28,30-32,34-58H2,1-2H3,(H,63,66)/b12-10-,18-16-,33-29-. The number of allylic oxidation sites excluding steroid dienone is 6. The monoisotopic (exact) mass is 956 g/mol. The first kappa shape index (κ1) is 66.1. The number of aliphatic hydroxyl groups is 2. The van der Waals surface area contributed by atoms with Gasteiger partial charge in [-0.2, -0.15) is 0 Å². The van der Waals surface area contributed by atoms with Gasteiger partial charge in [-0.3, -0.25) is 9.59 Å². The van der Waals surface area contributed by atoms with Gasteiger partial charge in [-0.25, -0.2) is 0 Å². The molecule has 400 valence electrons. The maximum atomic E-state index is 12.5. The Morgan fingerprint density at radius 1 is 0.412 bits per heavy atom. The molecule has 0 heterocycles. The second kappa shape index (κ2) is 57.7. The number of unbranched alkanes of at least 4 members (excludes halogenated alkanes) is 39. The highest BCUT2D eigenvalue weighted by molar-refractivity contribution is 5.76. The van der Waals surface area contributed by atoms with E-state index in [2.05, 4.69) is 55.6 Å². The van der Waals surface area contributed by atoms with Crippen molar-refractivity contribution in [2.24, 2.45) is 0 Å². The van der Waals surface area contributed by atoms with Gasteiger partial charge in [-0.15, -0.1) is 0 Å². The van der Waals surface area contributed by atoms with Crippen LogP contribution in [0.3, 0.4) is 0 Å². The van der Waals surface area contributed by atoms with Crippen molar-refractivity contribution in [3.63, 3.8) is 0 Å². The average Bonchev–Trinajstić information content (AvgIpc) is 3.34. The van der Waals surface area contributed by atoms with Crippen molar-refractivity contribution in [2.75, 3.05) is 13.2 Å². The zero-order valence-corrected chi connectivity index (χ0v) is 45.6. The van der Waals surface area contributed by atoms with Gasteiger partial charge in [0.2, 0.25) is 5.91 Å². The minimum atomic E-state index is -0.676. The van der Waals surface area contributed by atoms with E-state index < -0.39 is 12.1 Å². The molecule has 1 amide bonds. The number of amides is 1. The van der Waals surface area contributed by atoms with Crippen molar-refractivity contribution in [3.05, 3.63) is 36.5 Å². The second-order valence-electron chi connectivity index (χ2n) is 20.7. The molecule has 0 fully saturated rings. The molecule has 0 rings (SSSR count). The highest BCUT2D eigenvalue weighted by atomic mass is 16.5. The van der Waals surface area contributed by atoms with Crippen LogP contribution in [-0.4, -0.2) is 47.4 Å². The molecule has 68 heavy (non-hydrogen) atoms. The molecule has 2 unspecified atom stereocenters. The lowest BCUT2D eigenvalue weighted by molar-refractivity contribution is -0.143. The second-order valence-corrected chi connectivity index (χ2v) is 20.7. The summed E-state index contributed by atoms with van der Waals surface area (Å²) in [6, 6.07) is -0.555. The highest BCUT2D eigenvalue weighted by Crippen LogP contribution is 2.17. The fourth-order valence-electron chi connectivity index (χ4n) is 9.24. The Balaban J connectivity index is 3.48. The topological polar surface area (TPSA) is 95.9 Å². The molecule has 0 aromatic rings. The number of aliphatic hydroxyl groups excluding tert-OH is 2. The summed E-state index contributed by atoms with van der Waals surface area (Å²) in [5, 5.41) is 23.4. The van der Waals surface area contributed by atoms with E-state index in [1.807, 2.05) is 0 Å². The lowest BCUT2D eigenvalue weighted by Gasteiger charge is -2.22. The number of carbonyl (C=O) groups excluding carboxylic acids is 2.